The lowest BCUT2D eigenvalue weighted by Gasteiger charge is -2.51. The van der Waals surface area contributed by atoms with Crippen molar-refractivity contribution in [2.75, 3.05) is 33.3 Å². The van der Waals surface area contributed by atoms with Crippen LogP contribution >= 0.6 is 0 Å². The number of hydrogen-bond donors (Lipinski definition) is 0. The minimum absolute atomic E-state index is 0.151. The SMILES string of the molecule is COc1cccc(C(=O)N2CCC3(CCN(Cc4ccccc4OCc4ccccc4)CC3OC(=O)C(F)(F)F)CC2)c1. The highest BCUT2D eigenvalue weighted by Gasteiger charge is 2.51. The van der Waals surface area contributed by atoms with Crippen LogP contribution in [0.15, 0.2) is 78.9 Å². The third kappa shape index (κ3) is 7.30. The average Bonchev–Trinajstić information content (AvgIpc) is 3.02. The zero-order valence-corrected chi connectivity index (χ0v) is 24.0. The third-order valence-electron chi connectivity index (χ3n) is 8.48. The monoisotopic (exact) mass is 596 g/mol. The summed E-state index contributed by atoms with van der Waals surface area (Å²) in [6, 6.07) is 24.2. The molecule has 1 amide bonds. The van der Waals surface area contributed by atoms with E-state index in [0.717, 1.165) is 11.1 Å². The highest BCUT2D eigenvalue weighted by molar-refractivity contribution is 5.94. The fraction of sp³-hybridized carbons (Fsp3) is 0.394. The van der Waals surface area contributed by atoms with E-state index in [1.54, 1.807) is 29.2 Å². The number of piperidine rings is 2. The van der Waals surface area contributed by atoms with Gasteiger partial charge >= 0.3 is 12.1 Å². The number of carbonyl (C=O) groups excluding carboxylic acids is 2. The number of hydrogen-bond acceptors (Lipinski definition) is 6. The number of amides is 1. The summed E-state index contributed by atoms with van der Waals surface area (Å²) in [7, 11) is 1.53. The van der Waals surface area contributed by atoms with Crippen LogP contribution in [0.25, 0.3) is 0 Å². The van der Waals surface area contributed by atoms with Crippen LogP contribution in [-0.2, 0) is 22.7 Å². The fourth-order valence-electron chi connectivity index (χ4n) is 5.98. The van der Waals surface area contributed by atoms with Crippen LogP contribution in [0.2, 0.25) is 0 Å². The Labute approximate surface area is 249 Å². The van der Waals surface area contributed by atoms with Crippen molar-refractivity contribution in [1.82, 2.24) is 9.80 Å². The summed E-state index contributed by atoms with van der Waals surface area (Å²) in [5.74, 6) is -1.08. The van der Waals surface area contributed by atoms with Crippen LogP contribution in [-0.4, -0.2) is 67.2 Å². The maximum absolute atomic E-state index is 13.3. The van der Waals surface area contributed by atoms with Crippen LogP contribution in [0.1, 0.15) is 40.7 Å². The van der Waals surface area contributed by atoms with Crippen molar-refractivity contribution in [2.24, 2.45) is 5.41 Å². The molecule has 3 aromatic rings. The number of halogens is 3. The first kappa shape index (κ1) is 30.4. The number of alkyl halides is 3. The molecule has 0 N–H and O–H groups in total. The number of benzene rings is 3. The molecule has 2 saturated heterocycles. The van der Waals surface area contributed by atoms with Gasteiger partial charge in [0.15, 0.2) is 0 Å². The molecule has 1 atom stereocenters. The minimum atomic E-state index is -5.09. The number of rotatable bonds is 8. The first-order valence-corrected chi connectivity index (χ1v) is 14.3. The molecule has 0 aromatic heterocycles. The van der Waals surface area contributed by atoms with E-state index in [-0.39, 0.29) is 12.5 Å². The van der Waals surface area contributed by atoms with Crippen LogP contribution in [0.5, 0.6) is 11.5 Å². The summed E-state index contributed by atoms with van der Waals surface area (Å²) in [5.41, 5.74) is 1.74. The molecule has 0 saturated carbocycles. The third-order valence-corrected chi connectivity index (χ3v) is 8.48. The summed E-state index contributed by atoms with van der Waals surface area (Å²) < 4.78 is 56.5. The van der Waals surface area contributed by atoms with Crippen LogP contribution in [0.3, 0.4) is 0 Å². The molecule has 5 rings (SSSR count). The first-order valence-electron chi connectivity index (χ1n) is 14.3. The van der Waals surface area contributed by atoms with Gasteiger partial charge in [0.25, 0.3) is 5.91 Å². The summed E-state index contributed by atoms with van der Waals surface area (Å²) in [6.45, 7) is 2.29. The first-order chi connectivity index (χ1) is 20.7. The van der Waals surface area contributed by atoms with E-state index >= 15 is 0 Å². The average molecular weight is 597 g/mol. The van der Waals surface area contributed by atoms with Crippen molar-refractivity contribution in [2.45, 2.75) is 44.7 Å². The highest BCUT2D eigenvalue weighted by atomic mass is 19.4. The number of carbonyl (C=O) groups is 2. The van der Waals surface area contributed by atoms with Crippen molar-refractivity contribution in [3.63, 3.8) is 0 Å². The predicted octanol–water partition coefficient (Wildman–Crippen LogP) is 5.88. The Kier molecular flexibility index (Phi) is 9.25. The topological polar surface area (TPSA) is 68.3 Å². The smallest absolute Gasteiger partial charge is 0.490 e. The Morgan fingerprint density at radius 3 is 2.33 bits per heavy atom. The van der Waals surface area contributed by atoms with E-state index in [4.69, 9.17) is 14.2 Å². The molecule has 0 radical (unpaired) electrons. The van der Waals surface area contributed by atoms with E-state index in [1.165, 1.54) is 7.11 Å². The van der Waals surface area contributed by atoms with E-state index in [2.05, 4.69) is 0 Å². The largest absolute Gasteiger partial charge is 0.497 e. The van der Waals surface area contributed by atoms with Gasteiger partial charge in [0.1, 0.15) is 24.2 Å². The summed E-state index contributed by atoms with van der Waals surface area (Å²) in [4.78, 5) is 28.9. The number of methoxy groups -OCH3 is 1. The van der Waals surface area contributed by atoms with E-state index in [1.807, 2.05) is 59.5 Å². The standard InChI is InChI=1S/C33H35F3N2O5/c1-41-27-12-7-11-25(20-27)30(39)38-18-15-32(16-19-38)14-17-37(22-29(32)43-31(40)33(34,35)36)21-26-10-5-6-13-28(26)42-23-24-8-3-2-4-9-24/h2-13,20,29H,14-19,21-23H2,1H3. The number of ether oxygens (including phenoxy) is 3. The summed E-state index contributed by atoms with van der Waals surface area (Å²) >= 11 is 0. The Bertz CT molecular complexity index is 1410. The van der Waals surface area contributed by atoms with Gasteiger partial charge in [0.2, 0.25) is 0 Å². The van der Waals surface area contributed by atoms with Crippen LogP contribution < -0.4 is 9.47 Å². The lowest BCUT2D eigenvalue weighted by Crippen LogP contribution is -2.57. The second-order valence-electron chi connectivity index (χ2n) is 11.1. The van der Waals surface area contributed by atoms with E-state index in [9.17, 15) is 22.8 Å². The van der Waals surface area contributed by atoms with E-state index < -0.39 is 23.7 Å². The Balaban J connectivity index is 1.28. The van der Waals surface area contributed by atoms with Gasteiger partial charge in [-0.15, -0.1) is 0 Å². The molecule has 0 bridgehead atoms. The molecule has 228 valence electrons. The van der Waals surface area contributed by atoms with Gasteiger partial charge in [0, 0.05) is 42.7 Å². The van der Waals surface area contributed by atoms with Gasteiger partial charge in [-0.25, -0.2) is 4.79 Å². The Morgan fingerprint density at radius 2 is 1.60 bits per heavy atom. The molecule has 10 heteroatoms. The van der Waals surface area contributed by atoms with Crippen LogP contribution in [0, 0.1) is 5.41 Å². The lowest BCUT2D eigenvalue weighted by molar-refractivity contribution is -0.216. The number of esters is 1. The van der Waals surface area contributed by atoms with Crippen molar-refractivity contribution in [3.05, 3.63) is 95.6 Å². The lowest BCUT2D eigenvalue weighted by atomic mass is 9.69. The molecular weight excluding hydrogens is 561 g/mol. The molecular formula is C33H35F3N2O5. The maximum atomic E-state index is 13.3. The van der Waals surface area contributed by atoms with Gasteiger partial charge < -0.3 is 19.1 Å². The molecule has 2 aliphatic rings. The molecule has 7 nitrogen and oxygen atoms in total. The number of likely N-dealkylation sites (tertiary alicyclic amines) is 2. The quantitative estimate of drug-likeness (QED) is 0.303. The van der Waals surface area contributed by atoms with Crippen molar-refractivity contribution >= 4 is 11.9 Å². The predicted molar refractivity (Wildman–Crippen MR) is 154 cm³/mol. The summed E-state index contributed by atoms with van der Waals surface area (Å²) in [6.07, 6.45) is -4.66. The van der Waals surface area contributed by atoms with Crippen molar-refractivity contribution < 1.29 is 37.0 Å². The number of nitrogens with zero attached hydrogens (tertiary/aromatic N) is 2. The molecule has 2 aliphatic heterocycles. The van der Waals surface area contributed by atoms with Gasteiger partial charge in [-0.3, -0.25) is 9.69 Å². The fourth-order valence-corrected chi connectivity index (χ4v) is 5.98. The second-order valence-corrected chi connectivity index (χ2v) is 11.1. The minimum Gasteiger partial charge on any atom is -0.497 e. The second kappa shape index (κ2) is 13.1. The van der Waals surface area contributed by atoms with E-state index in [0.29, 0.717) is 69.1 Å². The molecule has 3 aromatic carbocycles. The molecule has 1 spiro atoms. The van der Waals surface area contributed by atoms with Gasteiger partial charge in [-0.2, -0.15) is 13.2 Å². The van der Waals surface area contributed by atoms with Crippen molar-refractivity contribution in [3.8, 4) is 11.5 Å². The zero-order chi connectivity index (χ0) is 30.5. The Hall–Kier alpha value is -4.05. The van der Waals surface area contributed by atoms with Crippen LogP contribution in [0.4, 0.5) is 13.2 Å². The molecule has 1 unspecified atom stereocenters. The number of para-hydroxylation sites is 1. The van der Waals surface area contributed by atoms with Crippen molar-refractivity contribution in [1.29, 1.82) is 0 Å². The molecule has 2 heterocycles. The van der Waals surface area contributed by atoms with Gasteiger partial charge in [-0.1, -0.05) is 54.6 Å². The summed E-state index contributed by atoms with van der Waals surface area (Å²) in [5, 5.41) is 0. The van der Waals surface area contributed by atoms with Gasteiger partial charge in [-0.05, 0) is 55.6 Å². The highest BCUT2D eigenvalue weighted by Crippen LogP contribution is 2.44. The van der Waals surface area contributed by atoms with Gasteiger partial charge in [0.05, 0.1) is 7.11 Å². The zero-order valence-electron chi connectivity index (χ0n) is 24.0. The Morgan fingerprint density at radius 1 is 0.907 bits per heavy atom. The normalized spacial score (nSPS) is 18.7. The molecule has 0 aliphatic carbocycles. The molecule has 43 heavy (non-hydrogen) atoms. The molecule has 2 fully saturated rings. The maximum Gasteiger partial charge on any atom is 0.490 e.